The molecule has 0 saturated carbocycles. The number of hydrogen-bond donors (Lipinski definition) is 1. The molecule has 0 aliphatic rings. The maximum absolute atomic E-state index is 12.8. The van der Waals surface area contributed by atoms with Crippen molar-refractivity contribution in [1.29, 1.82) is 0 Å². The van der Waals surface area contributed by atoms with Crippen LogP contribution in [-0.2, 0) is 17.8 Å². The molecule has 7 nitrogen and oxygen atoms in total. The first-order valence-corrected chi connectivity index (χ1v) is 10.9. The first-order valence-electron chi connectivity index (χ1n) is 10.1. The van der Waals surface area contributed by atoms with Crippen molar-refractivity contribution >= 4 is 17.2 Å². The van der Waals surface area contributed by atoms with Crippen LogP contribution in [-0.4, -0.2) is 32.3 Å². The second-order valence-electron chi connectivity index (χ2n) is 6.93. The van der Waals surface area contributed by atoms with Crippen molar-refractivity contribution < 1.29 is 9.53 Å². The van der Waals surface area contributed by atoms with Crippen LogP contribution in [0.4, 0.5) is 0 Å². The predicted molar refractivity (Wildman–Crippen MR) is 120 cm³/mol. The number of hydrogen-bond acceptors (Lipinski definition) is 6. The van der Waals surface area contributed by atoms with Crippen molar-refractivity contribution in [3.63, 3.8) is 0 Å². The van der Waals surface area contributed by atoms with E-state index in [0.717, 1.165) is 27.6 Å². The summed E-state index contributed by atoms with van der Waals surface area (Å²) in [6.07, 6.45) is 3.35. The summed E-state index contributed by atoms with van der Waals surface area (Å²) >= 11 is 1.53. The third kappa shape index (κ3) is 5.55. The Morgan fingerprint density at radius 3 is 2.68 bits per heavy atom. The van der Waals surface area contributed by atoms with Gasteiger partial charge in [-0.2, -0.15) is 5.10 Å². The Bertz CT molecular complexity index is 1090. The van der Waals surface area contributed by atoms with Crippen molar-refractivity contribution in [2.45, 2.75) is 25.9 Å². The number of nitrogens with one attached hydrogen (secondary N) is 1. The Morgan fingerprint density at radius 1 is 1.16 bits per heavy atom. The molecule has 1 N–H and O–H groups in total. The topological polar surface area (TPSA) is 81.9 Å². The molecule has 8 heteroatoms. The number of nitrogens with zero attached hydrogens (tertiary/aromatic N) is 4. The Labute approximate surface area is 184 Å². The van der Waals surface area contributed by atoms with Crippen molar-refractivity contribution in [2.75, 3.05) is 6.61 Å². The summed E-state index contributed by atoms with van der Waals surface area (Å²) in [5.41, 5.74) is 2.77. The summed E-state index contributed by atoms with van der Waals surface area (Å²) in [5, 5.41) is 10.1. The zero-order valence-corrected chi connectivity index (χ0v) is 18.0. The highest BCUT2D eigenvalue weighted by atomic mass is 32.1. The van der Waals surface area contributed by atoms with Crippen LogP contribution in [0.1, 0.15) is 24.2 Å². The Balaban J connectivity index is 1.42. The quantitative estimate of drug-likeness (QED) is 0.433. The van der Waals surface area contributed by atoms with E-state index >= 15 is 0 Å². The first kappa shape index (κ1) is 20.7. The molecule has 4 aromatic rings. The van der Waals surface area contributed by atoms with Crippen molar-refractivity contribution in [1.82, 2.24) is 25.1 Å². The van der Waals surface area contributed by atoms with E-state index < -0.39 is 0 Å². The number of thiazole rings is 1. The zero-order chi connectivity index (χ0) is 21.5. The van der Waals surface area contributed by atoms with Gasteiger partial charge in [-0.3, -0.25) is 9.48 Å². The van der Waals surface area contributed by atoms with Crippen LogP contribution in [0.2, 0.25) is 0 Å². The molecule has 0 aliphatic heterocycles. The fourth-order valence-electron chi connectivity index (χ4n) is 3.22. The van der Waals surface area contributed by atoms with Crippen LogP contribution in [0.5, 0.6) is 5.75 Å². The molecule has 2 heterocycles. The molecular formula is C23H23N5O2S. The van der Waals surface area contributed by atoms with Gasteiger partial charge in [0.25, 0.3) is 0 Å². The number of rotatable bonds is 9. The lowest BCUT2D eigenvalue weighted by molar-refractivity contribution is -0.121. The van der Waals surface area contributed by atoms with E-state index in [1.807, 2.05) is 66.9 Å². The summed E-state index contributed by atoms with van der Waals surface area (Å²) in [5.74, 6) is 0.749. The van der Waals surface area contributed by atoms with Gasteiger partial charge in [-0.15, -0.1) is 11.3 Å². The van der Waals surface area contributed by atoms with Crippen LogP contribution in [0, 0.1) is 0 Å². The molecule has 0 saturated heterocycles. The largest absolute Gasteiger partial charge is 0.494 e. The summed E-state index contributed by atoms with van der Waals surface area (Å²) in [6, 6.07) is 17.5. The lowest BCUT2D eigenvalue weighted by atomic mass is 10.1. The molecular weight excluding hydrogens is 410 g/mol. The smallest absolute Gasteiger partial charge is 0.226 e. The summed E-state index contributed by atoms with van der Waals surface area (Å²) in [6.45, 7) is 3.10. The number of amides is 1. The Morgan fingerprint density at radius 2 is 1.97 bits per heavy atom. The molecule has 4 rings (SSSR count). The van der Waals surface area contributed by atoms with Crippen LogP contribution in [0.15, 0.2) is 72.6 Å². The highest BCUT2D eigenvalue weighted by Crippen LogP contribution is 2.26. The molecule has 158 valence electrons. The van der Waals surface area contributed by atoms with Crippen molar-refractivity contribution in [2.24, 2.45) is 0 Å². The monoisotopic (exact) mass is 433 g/mol. The number of carbonyl (C=O) groups is 1. The average molecular weight is 434 g/mol. The maximum Gasteiger partial charge on any atom is 0.226 e. The molecule has 0 fully saturated rings. The van der Waals surface area contributed by atoms with Gasteiger partial charge in [0.2, 0.25) is 5.91 Å². The first-order chi connectivity index (χ1) is 15.2. The number of aromatic nitrogens is 4. The molecule has 0 radical (unpaired) electrons. The fourth-order valence-corrected chi connectivity index (χ4v) is 4.05. The minimum Gasteiger partial charge on any atom is -0.494 e. The van der Waals surface area contributed by atoms with Crippen molar-refractivity contribution in [3.8, 4) is 16.3 Å². The summed E-state index contributed by atoms with van der Waals surface area (Å²) in [7, 11) is 0. The van der Waals surface area contributed by atoms with Gasteiger partial charge in [-0.1, -0.05) is 30.3 Å². The SMILES string of the molecule is CCOc1ccc(-c2nc(CC(=O)NC(Cn3cncn3)c3ccccc3)cs2)cc1. The van der Waals surface area contributed by atoms with E-state index in [0.29, 0.717) is 13.2 Å². The summed E-state index contributed by atoms with van der Waals surface area (Å²) in [4.78, 5) is 21.4. The van der Waals surface area contributed by atoms with Gasteiger partial charge in [-0.05, 0) is 36.8 Å². The zero-order valence-electron chi connectivity index (χ0n) is 17.1. The van der Waals surface area contributed by atoms with Gasteiger partial charge < -0.3 is 10.1 Å². The lowest BCUT2D eigenvalue weighted by Gasteiger charge is -2.19. The highest BCUT2D eigenvalue weighted by molar-refractivity contribution is 7.13. The second-order valence-corrected chi connectivity index (χ2v) is 7.78. The number of ether oxygens (including phenoxy) is 1. The van der Waals surface area contributed by atoms with Gasteiger partial charge in [0.15, 0.2) is 0 Å². The van der Waals surface area contributed by atoms with E-state index in [4.69, 9.17) is 4.74 Å². The van der Waals surface area contributed by atoms with Crippen LogP contribution >= 0.6 is 11.3 Å². The molecule has 0 aliphatic carbocycles. The molecule has 1 unspecified atom stereocenters. The predicted octanol–water partition coefficient (Wildman–Crippen LogP) is 3.90. The molecule has 0 spiro atoms. The van der Waals surface area contributed by atoms with E-state index in [9.17, 15) is 4.79 Å². The molecule has 2 aromatic carbocycles. The average Bonchev–Trinajstić information content (AvgIpc) is 3.47. The third-order valence-electron chi connectivity index (χ3n) is 4.68. The van der Waals surface area contributed by atoms with E-state index in [1.165, 1.54) is 17.7 Å². The van der Waals surface area contributed by atoms with Crippen LogP contribution in [0.3, 0.4) is 0 Å². The van der Waals surface area contributed by atoms with Gasteiger partial charge in [-0.25, -0.2) is 9.97 Å². The van der Waals surface area contributed by atoms with Crippen molar-refractivity contribution in [3.05, 3.63) is 83.9 Å². The van der Waals surface area contributed by atoms with Gasteiger partial charge >= 0.3 is 0 Å². The highest BCUT2D eigenvalue weighted by Gasteiger charge is 2.17. The van der Waals surface area contributed by atoms with Gasteiger partial charge in [0, 0.05) is 10.9 Å². The lowest BCUT2D eigenvalue weighted by Crippen LogP contribution is -2.32. The standard InChI is InChI=1S/C23H23N5O2S/c1-2-30-20-10-8-18(9-11-20)23-26-19(14-31-23)12-22(29)27-21(13-28-16-24-15-25-28)17-6-4-3-5-7-17/h3-11,14-16,21H,2,12-13H2,1H3,(H,27,29). The second kappa shape index (κ2) is 9.99. The van der Waals surface area contributed by atoms with E-state index in [2.05, 4.69) is 20.4 Å². The number of benzene rings is 2. The fraction of sp³-hybridized carbons (Fsp3) is 0.217. The van der Waals surface area contributed by atoms with E-state index in [1.54, 1.807) is 11.0 Å². The molecule has 31 heavy (non-hydrogen) atoms. The molecule has 1 amide bonds. The number of carbonyl (C=O) groups excluding carboxylic acids is 1. The minimum atomic E-state index is -0.209. The normalized spacial score (nSPS) is 11.8. The molecule has 2 aromatic heterocycles. The maximum atomic E-state index is 12.8. The molecule has 1 atom stereocenters. The van der Waals surface area contributed by atoms with Gasteiger partial charge in [0.05, 0.1) is 31.3 Å². The molecule has 0 bridgehead atoms. The van der Waals surface area contributed by atoms with Crippen LogP contribution < -0.4 is 10.1 Å². The summed E-state index contributed by atoms with van der Waals surface area (Å²) < 4.78 is 7.20. The Hall–Kier alpha value is -3.52. The van der Waals surface area contributed by atoms with E-state index in [-0.39, 0.29) is 18.4 Å². The third-order valence-corrected chi connectivity index (χ3v) is 5.62. The van der Waals surface area contributed by atoms with Crippen LogP contribution in [0.25, 0.3) is 10.6 Å². The minimum absolute atomic E-state index is 0.0856. The van der Waals surface area contributed by atoms with Gasteiger partial charge in [0.1, 0.15) is 23.4 Å². The Kier molecular flexibility index (Phi) is 6.68.